The fourth-order valence-corrected chi connectivity index (χ4v) is 25.6. The topological polar surface area (TPSA) is 68.5 Å². The summed E-state index contributed by atoms with van der Waals surface area (Å²) in [7, 11) is 0. The molecule has 0 spiro atoms. The van der Waals surface area contributed by atoms with E-state index in [-0.39, 0.29) is 0 Å². The highest BCUT2D eigenvalue weighted by atomic mass is 32.1. The first-order valence-corrected chi connectivity index (χ1v) is 49.6. The lowest BCUT2D eigenvalue weighted by molar-refractivity contribution is 0.669. The molecule has 10 heterocycles. The van der Waals surface area contributed by atoms with Gasteiger partial charge in [0.25, 0.3) is 0 Å². The molecule has 656 valence electrons. The van der Waals surface area contributed by atoms with E-state index in [2.05, 4.69) is 482 Å². The molecule has 32 aromatic rings. The van der Waals surface area contributed by atoms with Crippen molar-refractivity contribution in [2.75, 3.05) is 0 Å². The molecule has 0 aliphatic heterocycles. The number of nitrogens with zero attached hydrogens (tertiary/aromatic N) is 8. The van der Waals surface area contributed by atoms with Gasteiger partial charge in [-0.05, 0) is 197 Å². The van der Waals surface area contributed by atoms with Crippen LogP contribution in [0.15, 0.2) is 478 Å². The Kier molecular flexibility index (Phi) is 17.4. The Labute approximate surface area is 813 Å². The summed E-state index contributed by atoms with van der Waals surface area (Å²) in [5.74, 6) is 0.647. The van der Waals surface area contributed by atoms with Gasteiger partial charge in [0.15, 0.2) is 0 Å². The van der Waals surface area contributed by atoms with Crippen LogP contribution in [0, 0.1) is 0 Å². The number of fused-ring (bicyclic) bond motifs is 34. The molecule has 0 unspecified atom stereocenters. The standard InChI is InChI=1S/C44H26N4O.C44H26N2S.C42H26N2S/c1-3-13-27(14-4-1)43-30-18-7-10-20-34(30)45-44(46-43)48-35-21-11-8-17-29(35)32-25-33-38(26-37(32)48)47(28-15-5-2-6-16-28)36-23-24-40-42(41(33)36)31-19-9-12-22-39(31)49-40;1-2-13-28(14-3-1)45-37-22-23-42-44(33-19-9-11-21-41(33)47-42)43(37)35-25-34-32-18-8-10-20-36(32)46(39(34)26-40(35)45)38-24-27-12-4-5-15-29(27)30-16-6-7-17-31(30)38;1-3-12-27(13-4-1)28-14-11-17-30(24-28)44-36-22-23-40-42(32-19-8-10-21-39(32)45-40)41(36)34-25-33-31-18-7-9-20-35(31)43(37(33)26-38(34)44)29-15-5-2-6-16-29/h1-26H;1-26H;1-26H. The number of hydrogen-bond acceptors (Lipinski definition) is 5. The fraction of sp³-hybridized carbons (Fsp3) is 0. The molecule has 0 N–H and O–H groups in total. The van der Waals surface area contributed by atoms with E-state index in [0.717, 1.165) is 88.3 Å². The predicted octanol–water partition coefficient (Wildman–Crippen LogP) is 35.9. The largest absolute Gasteiger partial charge is 0.456 e. The highest BCUT2D eigenvalue weighted by molar-refractivity contribution is 7.26. The van der Waals surface area contributed by atoms with E-state index in [4.69, 9.17) is 14.4 Å². The quantitative estimate of drug-likeness (QED) is 0.142. The molecular weight excluding hydrogens is 1750 g/mol. The van der Waals surface area contributed by atoms with Gasteiger partial charge in [0, 0.05) is 155 Å². The maximum absolute atomic E-state index is 6.40. The van der Waals surface area contributed by atoms with Gasteiger partial charge in [-0.15, -0.1) is 22.7 Å². The van der Waals surface area contributed by atoms with Crippen LogP contribution in [0.2, 0.25) is 0 Å². The number of thiophene rings is 2. The summed E-state index contributed by atoms with van der Waals surface area (Å²) in [6.45, 7) is 0. The third kappa shape index (κ3) is 12.0. The Morgan fingerprint density at radius 2 is 0.560 bits per heavy atom. The van der Waals surface area contributed by atoms with Gasteiger partial charge < -0.3 is 27.3 Å². The maximum Gasteiger partial charge on any atom is 0.235 e. The Morgan fingerprint density at radius 1 is 0.177 bits per heavy atom. The SMILES string of the molecule is c1ccc(-c2cccc(-n3c4cc5c(cc4c4c6c(ccc43)sc3ccccc36)c3ccccc3n5-c3ccccc3)c2)cc1.c1ccc(-c2nc(-n3c4ccccc4c4cc5c6c7c(ccc6n(-c6ccccc6)c5cc43)oc3ccccc37)nc3ccccc23)cc1.c1ccc(-n2c3cc4c(cc3c3c5c(ccc32)sc2ccccc25)c2ccccc2n4-c2cc3ccccc3c3ccccc23)cc1. The van der Waals surface area contributed by atoms with Crippen LogP contribution < -0.4 is 0 Å². The summed E-state index contributed by atoms with van der Waals surface area (Å²) >= 11 is 3.77. The minimum atomic E-state index is 0.647. The molecule has 0 saturated heterocycles. The molecule has 0 bridgehead atoms. The molecule has 0 radical (unpaired) electrons. The van der Waals surface area contributed by atoms with Crippen molar-refractivity contribution < 1.29 is 4.42 Å². The van der Waals surface area contributed by atoms with E-state index >= 15 is 0 Å². The minimum absolute atomic E-state index is 0.647. The zero-order chi connectivity index (χ0) is 92.2. The molecule has 0 fully saturated rings. The number of para-hydroxylation sites is 8. The molecule has 0 aliphatic rings. The second-order valence-corrected chi connectivity index (χ2v) is 39.0. The molecular formula is C130H78N8OS2. The zero-order valence-corrected chi connectivity index (χ0v) is 77.5. The number of benzene rings is 22. The first-order chi connectivity index (χ1) is 70.0. The van der Waals surface area contributed by atoms with Gasteiger partial charge in [-0.1, -0.05) is 303 Å². The lowest BCUT2D eigenvalue weighted by Gasteiger charge is -2.14. The number of hydrogen-bond donors (Lipinski definition) is 0. The Hall–Kier alpha value is -18.3. The van der Waals surface area contributed by atoms with Gasteiger partial charge in [-0.25, -0.2) is 9.97 Å². The van der Waals surface area contributed by atoms with Crippen LogP contribution in [-0.4, -0.2) is 37.4 Å². The maximum atomic E-state index is 6.40. The summed E-state index contributed by atoms with van der Waals surface area (Å²) in [5.41, 5.74) is 27.0. The van der Waals surface area contributed by atoms with E-state index in [1.165, 1.54) is 188 Å². The van der Waals surface area contributed by atoms with Crippen molar-refractivity contribution in [3.63, 3.8) is 0 Å². The van der Waals surface area contributed by atoms with E-state index in [0.29, 0.717) is 5.95 Å². The predicted molar refractivity (Wildman–Crippen MR) is 597 cm³/mol. The molecule has 141 heavy (non-hydrogen) atoms. The second-order valence-electron chi connectivity index (χ2n) is 36.9. The van der Waals surface area contributed by atoms with Crippen molar-refractivity contribution in [3.05, 3.63) is 473 Å². The molecule has 9 nitrogen and oxygen atoms in total. The van der Waals surface area contributed by atoms with Crippen LogP contribution in [-0.2, 0) is 0 Å². The van der Waals surface area contributed by atoms with Crippen molar-refractivity contribution in [3.8, 4) is 56.8 Å². The average molecular weight is 1830 g/mol. The van der Waals surface area contributed by atoms with E-state index < -0.39 is 0 Å². The van der Waals surface area contributed by atoms with Crippen LogP contribution in [0.25, 0.3) is 282 Å². The summed E-state index contributed by atoms with van der Waals surface area (Å²) in [4.78, 5) is 10.5. The first-order valence-electron chi connectivity index (χ1n) is 48.0. The number of furan rings is 1. The van der Waals surface area contributed by atoms with Crippen LogP contribution >= 0.6 is 22.7 Å². The lowest BCUT2D eigenvalue weighted by Crippen LogP contribution is -2.03. The van der Waals surface area contributed by atoms with E-state index in [1.54, 1.807) is 0 Å². The normalized spacial score (nSPS) is 12.1. The lowest BCUT2D eigenvalue weighted by atomic mass is 10.00. The van der Waals surface area contributed by atoms with Gasteiger partial charge in [-0.2, -0.15) is 0 Å². The molecule has 0 saturated carbocycles. The summed E-state index contributed by atoms with van der Waals surface area (Å²) in [6.07, 6.45) is 0. The van der Waals surface area contributed by atoms with E-state index in [9.17, 15) is 0 Å². The van der Waals surface area contributed by atoms with Gasteiger partial charge in [0.05, 0.1) is 83.1 Å². The second kappa shape index (κ2) is 31.1. The molecule has 32 rings (SSSR count). The van der Waals surface area contributed by atoms with Gasteiger partial charge in [-0.3, -0.25) is 4.57 Å². The van der Waals surface area contributed by atoms with Crippen LogP contribution in [0.1, 0.15) is 0 Å². The van der Waals surface area contributed by atoms with Gasteiger partial charge >= 0.3 is 0 Å². The number of rotatable bonds is 8. The van der Waals surface area contributed by atoms with Gasteiger partial charge in [0.1, 0.15) is 11.2 Å². The molecule has 22 aromatic carbocycles. The zero-order valence-electron chi connectivity index (χ0n) is 75.8. The first kappa shape index (κ1) is 79.0. The molecule has 11 heteroatoms. The smallest absolute Gasteiger partial charge is 0.235 e. The van der Waals surface area contributed by atoms with Crippen LogP contribution in [0.3, 0.4) is 0 Å². The van der Waals surface area contributed by atoms with Crippen LogP contribution in [0.4, 0.5) is 0 Å². The average Bonchev–Trinajstić information content (AvgIpc) is 1.54. The molecule has 0 amide bonds. The van der Waals surface area contributed by atoms with Crippen molar-refractivity contribution in [1.29, 1.82) is 0 Å². The monoisotopic (exact) mass is 1830 g/mol. The molecule has 10 aromatic heterocycles. The summed E-state index contributed by atoms with van der Waals surface area (Å²) in [6, 6.07) is 171. The van der Waals surface area contributed by atoms with Crippen molar-refractivity contribution >= 4 is 248 Å². The third-order valence-corrected chi connectivity index (χ3v) is 31.5. The van der Waals surface area contributed by atoms with Crippen molar-refractivity contribution in [1.82, 2.24) is 37.4 Å². The molecule has 0 atom stereocenters. The third-order valence-electron chi connectivity index (χ3n) is 29.3. The highest BCUT2D eigenvalue weighted by Crippen LogP contribution is 2.52. The summed E-state index contributed by atoms with van der Waals surface area (Å²) in [5, 5.41) is 28.7. The Morgan fingerprint density at radius 3 is 1.12 bits per heavy atom. The van der Waals surface area contributed by atoms with Gasteiger partial charge in [0.2, 0.25) is 5.95 Å². The summed E-state index contributed by atoms with van der Waals surface area (Å²) < 4.78 is 26.2. The Bertz CT molecular complexity index is 10900. The minimum Gasteiger partial charge on any atom is -0.456 e. The van der Waals surface area contributed by atoms with Crippen molar-refractivity contribution in [2.45, 2.75) is 0 Å². The Balaban J connectivity index is 0.0000000993. The highest BCUT2D eigenvalue weighted by Gasteiger charge is 2.29. The fourth-order valence-electron chi connectivity index (χ4n) is 23.3. The molecule has 0 aliphatic carbocycles. The number of aromatic nitrogens is 8. The van der Waals surface area contributed by atoms with E-state index in [1.807, 2.05) is 40.9 Å². The van der Waals surface area contributed by atoms with Crippen molar-refractivity contribution in [2.24, 2.45) is 0 Å². The van der Waals surface area contributed by atoms with Crippen LogP contribution in [0.5, 0.6) is 0 Å².